The van der Waals surface area contributed by atoms with Crippen LogP contribution >= 0.6 is 0 Å². The molecule has 26 heavy (non-hydrogen) atoms. The lowest BCUT2D eigenvalue weighted by atomic mass is 10.0. The summed E-state index contributed by atoms with van der Waals surface area (Å²) in [7, 11) is 0. The smallest absolute Gasteiger partial charge is 0.303 e. The van der Waals surface area contributed by atoms with E-state index < -0.39 is 5.97 Å². The van der Waals surface area contributed by atoms with Crippen molar-refractivity contribution >= 4 is 11.9 Å². The number of amides is 1. The fourth-order valence-corrected chi connectivity index (χ4v) is 2.46. The van der Waals surface area contributed by atoms with E-state index in [-0.39, 0.29) is 24.7 Å². The molecule has 1 atom stereocenters. The summed E-state index contributed by atoms with van der Waals surface area (Å²) in [5.74, 6) is 0.226. The van der Waals surface area contributed by atoms with E-state index in [0.29, 0.717) is 30.6 Å². The molecule has 2 rings (SSSR count). The zero-order valence-electron chi connectivity index (χ0n) is 15.4. The molecule has 7 nitrogen and oxygen atoms in total. The SMILES string of the molecule is CC(CNC(=O)CCc1nc(-c2ccc(C(C)C)cc2)no1)CC(=O)O. The second-order valence-corrected chi connectivity index (χ2v) is 6.80. The lowest BCUT2D eigenvalue weighted by Gasteiger charge is -2.09. The van der Waals surface area contributed by atoms with Crippen molar-refractivity contribution in [2.75, 3.05) is 6.54 Å². The standard InChI is InChI=1S/C19H25N3O4/c1-12(2)14-4-6-15(7-5-14)19-21-17(26-22-19)9-8-16(23)20-11-13(3)10-18(24)25/h4-7,12-13H,8-11H2,1-3H3,(H,20,23)(H,24,25). The molecule has 0 saturated heterocycles. The first-order chi connectivity index (χ1) is 12.3. The molecule has 1 amide bonds. The minimum atomic E-state index is -0.869. The fourth-order valence-electron chi connectivity index (χ4n) is 2.46. The van der Waals surface area contributed by atoms with Crippen LogP contribution in [0.4, 0.5) is 0 Å². The summed E-state index contributed by atoms with van der Waals surface area (Å²) in [5, 5.41) is 15.4. The molecule has 0 bridgehead atoms. The van der Waals surface area contributed by atoms with Crippen molar-refractivity contribution in [3.63, 3.8) is 0 Å². The van der Waals surface area contributed by atoms with Gasteiger partial charge in [0.1, 0.15) is 0 Å². The third-order valence-corrected chi connectivity index (χ3v) is 4.04. The number of carbonyl (C=O) groups excluding carboxylic acids is 1. The first-order valence-electron chi connectivity index (χ1n) is 8.76. The van der Waals surface area contributed by atoms with Gasteiger partial charge in [0, 0.05) is 31.4 Å². The molecule has 0 spiro atoms. The Morgan fingerprint density at radius 3 is 2.50 bits per heavy atom. The maximum Gasteiger partial charge on any atom is 0.303 e. The van der Waals surface area contributed by atoms with Crippen LogP contribution in [0.15, 0.2) is 28.8 Å². The predicted molar refractivity (Wildman–Crippen MR) is 96.6 cm³/mol. The number of benzene rings is 1. The summed E-state index contributed by atoms with van der Waals surface area (Å²) in [4.78, 5) is 26.8. The molecule has 0 aliphatic heterocycles. The van der Waals surface area contributed by atoms with E-state index >= 15 is 0 Å². The number of aromatic nitrogens is 2. The summed E-state index contributed by atoms with van der Waals surface area (Å²) >= 11 is 0. The van der Waals surface area contributed by atoms with Crippen LogP contribution < -0.4 is 5.32 Å². The highest BCUT2D eigenvalue weighted by atomic mass is 16.5. The van der Waals surface area contributed by atoms with Crippen LogP contribution in [0.2, 0.25) is 0 Å². The maximum atomic E-state index is 11.8. The van der Waals surface area contributed by atoms with E-state index in [4.69, 9.17) is 9.63 Å². The fraction of sp³-hybridized carbons (Fsp3) is 0.474. The van der Waals surface area contributed by atoms with Gasteiger partial charge >= 0.3 is 5.97 Å². The van der Waals surface area contributed by atoms with Gasteiger partial charge in [-0.3, -0.25) is 9.59 Å². The molecule has 140 valence electrons. The Hall–Kier alpha value is -2.70. The third kappa shape index (κ3) is 5.98. The van der Waals surface area contributed by atoms with E-state index in [0.717, 1.165) is 5.56 Å². The first kappa shape index (κ1) is 19.6. The van der Waals surface area contributed by atoms with Gasteiger partial charge in [0.15, 0.2) is 0 Å². The quantitative estimate of drug-likeness (QED) is 0.713. The summed E-state index contributed by atoms with van der Waals surface area (Å²) in [6.45, 7) is 6.38. The zero-order valence-corrected chi connectivity index (χ0v) is 15.4. The minimum Gasteiger partial charge on any atom is -0.481 e. The third-order valence-electron chi connectivity index (χ3n) is 4.04. The van der Waals surface area contributed by atoms with E-state index in [9.17, 15) is 9.59 Å². The molecule has 0 radical (unpaired) electrons. The van der Waals surface area contributed by atoms with E-state index in [2.05, 4.69) is 29.3 Å². The Kier molecular flexibility index (Phi) is 6.89. The van der Waals surface area contributed by atoms with Crippen LogP contribution in [0.5, 0.6) is 0 Å². The number of rotatable bonds is 9. The van der Waals surface area contributed by atoms with Crippen LogP contribution in [-0.4, -0.2) is 33.7 Å². The Bertz CT molecular complexity index is 737. The van der Waals surface area contributed by atoms with Gasteiger partial charge in [-0.15, -0.1) is 0 Å². The number of aryl methyl sites for hydroxylation is 1. The number of carboxylic acids is 1. The molecule has 0 aliphatic carbocycles. The predicted octanol–water partition coefficient (Wildman–Crippen LogP) is 3.02. The molecule has 1 aromatic carbocycles. The lowest BCUT2D eigenvalue weighted by molar-refractivity contribution is -0.138. The van der Waals surface area contributed by atoms with Crippen LogP contribution in [0.25, 0.3) is 11.4 Å². The highest BCUT2D eigenvalue weighted by Crippen LogP contribution is 2.20. The van der Waals surface area contributed by atoms with E-state index in [1.165, 1.54) is 5.56 Å². The first-order valence-corrected chi connectivity index (χ1v) is 8.76. The van der Waals surface area contributed by atoms with Crippen molar-refractivity contribution in [1.82, 2.24) is 15.5 Å². The number of carbonyl (C=O) groups is 2. The average molecular weight is 359 g/mol. The molecule has 2 N–H and O–H groups in total. The van der Waals surface area contributed by atoms with E-state index in [1.54, 1.807) is 6.92 Å². The number of hydrogen-bond acceptors (Lipinski definition) is 5. The number of hydrogen-bond donors (Lipinski definition) is 2. The van der Waals surface area contributed by atoms with Gasteiger partial charge in [-0.05, 0) is 17.4 Å². The Morgan fingerprint density at radius 1 is 1.19 bits per heavy atom. The average Bonchev–Trinajstić information content (AvgIpc) is 3.06. The van der Waals surface area contributed by atoms with Crippen molar-refractivity contribution in [2.45, 2.75) is 46.0 Å². The Morgan fingerprint density at radius 2 is 1.88 bits per heavy atom. The van der Waals surface area contributed by atoms with Crippen molar-refractivity contribution in [3.8, 4) is 11.4 Å². The highest BCUT2D eigenvalue weighted by molar-refractivity contribution is 5.76. The van der Waals surface area contributed by atoms with Gasteiger partial charge in [-0.1, -0.05) is 50.2 Å². The van der Waals surface area contributed by atoms with Gasteiger partial charge in [0.05, 0.1) is 0 Å². The molecule has 2 aromatic rings. The largest absolute Gasteiger partial charge is 0.481 e. The molecule has 1 unspecified atom stereocenters. The van der Waals surface area contributed by atoms with Crippen LogP contribution in [0.1, 0.15) is 51.0 Å². The second-order valence-electron chi connectivity index (χ2n) is 6.80. The monoisotopic (exact) mass is 359 g/mol. The van der Waals surface area contributed by atoms with Crippen molar-refractivity contribution in [1.29, 1.82) is 0 Å². The van der Waals surface area contributed by atoms with Crippen LogP contribution in [-0.2, 0) is 16.0 Å². The number of nitrogens with zero attached hydrogens (tertiary/aromatic N) is 2. The van der Waals surface area contributed by atoms with Gasteiger partial charge in [0.25, 0.3) is 0 Å². The summed E-state index contributed by atoms with van der Waals surface area (Å²) < 4.78 is 5.21. The Balaban J connectivity index is 1.82. The molecule has 0 saturated carbocycles. The maximum absolute atomic E-state index is 11.8. The lowest BCUT2D eigenvalue weighted by Crippen LogP contribution is -2.29. The molecular weight excluding hydrogens is 334 g/mol. The molecular formula is C19H25N3O4. The van der Waals surface area contributed by atoms with Gasteiger partial charge < -0.3 is 14.9 Å². The van der Waals surface area contributed by atoms with Gasteiger partial charge in [0.2, 0.25) is 17.6 Å². The highest BCUT2D eigenvalue weighted by Gasteiger charge is 2.13. The zero-order chi connectivity index (χ0) is 19.1. The van der Waals surface area contributed by atoms with Crippen molar-refractivity contribution in [3.05, 3.63) is 35.7 Å². The topological polar surface area (TPSA) is 105 Å². The molecule has 1 aromatic heterocycles. The number of nitrogens with one attached hydrogen (secondary N) is 1. The van der Waals surface area contributed by atoms with Crippen LogP contribution in [0.3, 0.4) is 0 Å². The molecule has 0 fully saturated rings. The van der Waals surface area contributed by atoms with E-state index in [1.807, 2.05) is 24.3 Å². The van der Waals surface area contributed by atoms with Crippen LogP contribution in [0, 0.1) is 5.92 Å². The summed E-state index contributed by atoms with van der Waals surface area (Å²) in [6, 6.07) is 8.00. The number of aliphatic carboxylic acids is 1. The summed E-state index contributed by atoms with van der Waals surface area (Å²) in [5.41, 5.74) is 2.11. The molecule has 7 heteroatoms. The van der Waals surface area contributed by atoms with Crippen molar-refractivity contribution in [2.24, 2.45) is 5.92 Å². The second kappa shape index (κ2) is 9.12. The normalized spacial score (nSPS) is 12.2. The Labute approximate surface area is 152 Å². The summed E-state index contributed by atoms with van der Waals surface area (Å²) in [6.07, 6.45) is 0.590. The molecule has 0 aliphatic rings. The molecule has 1 heterocycles. The van der Waals surface area contributed by atoms with Gasteiger partial charge in [-0.2, -0.15) is 4.98 Å². The van der Waals surface area contributed by atoms with Gasteiger partial charge in [-0.25, -0.2) is 0 Å². The minimum absolute atomic E-state index is 0.0307. The van der Waals surface area contributed by atoms with Crippen molar-refractivity contribution < 1.29 is 19.2 Å². The number of carboxylic acid groups (broad SMARTS) is 1.